The van der Waals surface area contributed by atoms with Gasteiger partial charge < -0.3 is 10.1 Å². The number of nitro benzene ring substituents is 1. The van der Waals surface area contributed by atoms with Crippen molar-refractivity contribution in [1.82, 2.24) is 5.32 Å². The maximum Gasteiger partial charge on any atom is 0.305 e. The monoisotopic (exact) mass is 284 g/mol. The molecule has 0 aliphatic rings. The number of nitrogens with one attached hydrogen (secondary N) is 1. The first-order chi connectivity index (χ1) is 9.56. The molecule has 0 atom stereocenters. The summed E-state index contributed by atoms with van der Waals surface area (Å²) in [4.78, 5) is 21.4. The Labute approximate surface area is 116 Å². The molecule has 0 fully saturated rings. The summed E-state index contributed by atoms with van der Waals surface area (Å²) in [5, 5.41) is 13.2. The lowest BCUT2D eigenvalue weighted by atomic mass is 10.2. The number of amides is 1. The molecule has 0 heterocycles. The van der Waals surface area contributed by atoms with Gasteiger partial charge in [0.05, 0.1) is 4.92 Å². The van der Waals surface area contributed by atoms with Crippen molar-refractivity contribution in [2.45, 2.75) is 19.8 Å². The first-order valence-corrected chi connectivity index (χ1v) is 6.36. The standard InChI is InChI=1S/C13H17FN2O4/c1-2-7-20-8-3-6-15-13(17)10-4-5-11(14)12(9-10)16(18)19/h4-5,9H,2-3,6-8H2,1H3,(H,15,17). The zero-order chi connectivity index (χ0) is 15.0. The summed E-state index contributed by atoms with van der Waals surface area (Å²) in [6, 6.07) is 3.06. The molecule has 0 saturated heterocycles. The van der Waals surface area contributed by atoms with Gasteiger partial charge in [0, 0.05) is 31.4 Å². The second kappa shape index (κ2) is 8.21. The van der Waals surface area contributed by atoms with Gasteiger partial charge in [-0.05, 0) is 25.0 Å². The van der Waals surface area contributed by atoms with E-state index in [2.05, 4.69) is 5.32 Å². The SMILES string of the molecule is CCCOCCCNC(=O)c1ccc(F)c([N+](=O)[O-])c1. The minimum atomic E-state index is -0.959. The summed E-state index contributed by atoms with van der Waals surface area (Å²) in [6.45, 7) is 3.62. The maximum absolute atomic E-state index is 13.1. The number of ether oxygens (including phenoxy) is 1. The molecular formula is C13H17FN2O4. The highest BCUT2D eigenvalue weighted by Gasteiger charge is 2.17. The second-order valence-corrected chi connectivity index (χ2v) is 4.15. The highest BCUT2D eigenvalue weighted by molar-refractivity contribution is 5.94. The molecule has 110 valence electrons. The van der Waals surface area contributed by atoms with Gasteiger partial charge >= 0.3 is 5.69 Å². The first kappa shape index (κ1) is 16.0. The van der Waals surface area contributed by atoms with Gasteiger partial charge in [-0.1, -0.05) is 6.92 Å². The summed E-state index contributed by atoms with van der Waals surface area (Å²) < 4.78 is 18.4. The quantitative estimate of drug-likeness (QED) is 0.451. The van der Waals surface area contributed by atoms with Crippen LogP contribution in [0.1, 0.15) is 30.1 Å². The summed E-state index contributed by atoms with van der Waals surface area (Å²) in [6.07, 6.45) is 1.58. The fourth-order valence-electron chi connectivity index (χ4n) is 1.52. The molecule has 6 nitrogen and oxygen atoms in total. The summed E-state index contributed by atoms with van der Waals surface area (Å²) in [7, 11) is 0. The third-order valence-electron chi connectivity index (χ3n) is 2.50. The number of carbonyl (C=O) groups is 1. The van der Waals surface area contributed by atoms with Gasteiger partial charge in [-0.3, -0.25) is 14.9 Å². The molecule has 1 amide bonds. The summed E-state index contributed by atoms with van der Waals surface area (Å²) in [5.74, 6) is -1.43. The molecule has 1 aromatic rings. The second-order valence-electron chi connectivity index (χ2n) is 4.15. The fraction of sp³-hybridized carbons (Fsp3) is 0.462. The fourth-order valence-corrected chi connectivity index (χ4v) is 1.52. The molecule has 1 rings (SSSR count). The van der Waals surface area contributed by atoms with E-state index in [-0.39, 0.29) is 5.56 Å². The molecule has 0 spiro atoms. The minimum Gasteiger partial charge on any atom is -0.381 e. The highest BCUT2D eigenvalue weighted by atomic mass is 19.1. The lowest BCUT2D eigenvalue weighted by Crippen LogP contribution is -2.25. The average molecular weight is 284 g/mol. The van der Waals surface area contributed by atoms with E-state index in [0.717, 1.165) is 18.6 Å². The Bertz CT molecular complexity index is 479. The van der Waals surface area contributed by atoms with Crippen molar-refractivity contribution >= 4 is 11.6 Å². The number of hydrogen-bond acceptors (Lipinski definition) is 4. The Hall–Kier alpha value is -2.02. The van der Waals surface area contributed by atoms with E-state index in [9.17, 15) is 19.3 Å². The van der Waals surface area contributed by atoms with Crippen LogP contribution in [-0.2, 0) is 4.74 Å². The minimum absolute atomic E-state index is 0.0626. The van der Waals surface area contributed by atoms with Crippen molar-refractivity contribution in [3.63, 3.8) is 0 Å². The van der Waals surface area contributed by atoms with Gasteiger partial charge in [0.1, 0.15) is 0 Å². The zero-order valence-corrected chi connectivity index (χ0v) is 11.2. The van der Waals surface area contributed by atoms with Crippen LogP contribution in [0.4, 0.5) is 10.1 Å². The lowest BCUT2D eigenvalue weighted by molar-refractivity contribution is -0.387. The number of carbonyl (C=O) groups excluding carboxylic acids is 1. The van der Waals surface area contributed by atoms with Gasteiger partial charge in [-0.15, -0.1) is 0 Å². The molecular weight excluding hydrogens is 267 g/mol. The number of halogens is 1. The van der Waals surface area contributed by atoms with Crippen molar-refractivity contribution in [3.8, 4) is 0 Å². The highest BCUT2D eigenvalue weighted by Crippen LogP contribution is 2.18. The van der Waals surface area contributed by atoms with E-state index in [1.807, 2.05) is 6.92 Å². The Balaban J connectivity index is 2.47. The Morgan fingerprint density at radius 2 is 2.20 bits per heavy atom. The summed E-state index contributed by atoms with van der Waals surface area (Å²) >= 11 is 0. The van der Waals surface area contributed by atoms with E-state index in [1.165, 1.54) is 6.07 Å². The van der Waals surface area contributed by atoms with E-state index < -0.39 is 22.3 Å². The van der Waals surface area contributed by atoms with E-state index >= 15 is 0 Å². The van der Waals surface area contributed by atoms with Crippen LogP contribution < -0.4 is 5.32 Å². The molecule has 1 N–H and O–H groups in total. The number of benzene rings is 1. The molecule has 0 unspecified atom stereocenters. The molecule has 1 aromatic carbocycles. The van der Waals surface area contributed by atoms with Gasteiger partial charge in [0.25, 0.3) is 5.91 Å². The first-order valence-electron chi connectivity index (χ1n) is 6.36. The van der Waals surface area contributed by atoms with Crippen LogP contribution in [-0.4, -0.2) is 30.6 Å². The number of nitro groups is 1. The van der Waals surface area contributed by atoms with Crippen molar-refractivity contribution < 1.29 is 18.8 Å². The molecule has 0 saturated carbocycles. The van der Waals surface area contributed by atoms with E-state index in [0.29, 0.717) is 26.2 Å². The van der Waals surface area contributed by atoms with Crippen LogP contribution in [0.15, 0.2) is 18.2 Å². The van der Waals surface area contributed by atoms with Gasteiger partial charge in [0.2, 0.25) is 5.82 Å². The van der Waals surface area contributed by atoms with Crippen molar-refractivity contribution in [3.05, 3.63) is 39.7 Å². The van der Waals surface area contributed by atoms with Crippen LogP contribution in [0.2, 0.25) is 0 Å². The van der Waals surface area contributed by atoms with E-state index in [4.69, 9.17) is 4.74 Å². The Kier molecular flexibility index (Phi) is 6.58. The van der Waals surface area contributed by atoms with Crippen LogP contribution in [0.25, 0.3) is 0 Å². The van der Waals surface area contributed by atoms with Crippen molar-refractivity contribution in [2.75, 3.05) is 19.8 Å². The number of rotatable bonds is 8. The van der Waals surface area contributed by atoms with Gasteiger partial charge in [0.15, 0.2) is 0 Å². The van der Waals surface area contributed by atoms with E-state index in [1.54, 1.807) is 0 Å². The topological polar surface area (TPSA) is 81.5 Å². The third kappa shape index (κ3) is 4.93. The molecule has 0 aliphatic heterocycles. The molecule has 0 bridgehead atoms. The lowest BCUT2D eigenvalue weighted by Gasteiger charge is -2.06. The molecule has 0 aromatic heterocycles. The van der Waals surface area contributed by atoms with Gasteiger partial charge in [-0.2, -0.15) is 4.39 Å². The summed E-state index contributed by atoms with van der Waals surface area (Å²) in [5.41, 5.74) is -0.642. The van der Waals surface area contributed by atoms with Crippen LogP contribution in [0.5, 0.6) is 0 Å². The van der Waals surface area contributed by atoms with Crippen LogP contribution >= 0.6 is 0 Å². The zero-order valence-electron chi connectivity index (χ0n) is 11.2. The average Bonchev–Trinajstić information content (AvgIpc) is 2.42. The Morgan fingerprint density at radius 1 is 1.45 bits per heavy atom. The predicted octanol–water partition coefficient (Wildman–Crippen LogP) is 2.28. The molecule has 7 heteroatoms. The third-order valence-corrected chi connectivity index (χ3v) is 2.50. The smallest absolute Gasteiger partial charge is 0.305 e. The number of nitrogens with zero attached hydrogens (tertiary/aromatic N) is 1. The van der Waals surface area contributed by atoms with Crippen LogP contribution in [0.3, 0.4) is 0 Å². The largest absolute Gasteiger partial charge is 0.381 e. The van der Waals surface area contributed by atoms with Gasteiger partial charge in [-0.25, -0.2) is 0 Å². The molecule has 0 aliphatic carbocycles. The van der Waals surface area contributed by atoms with Crippen molar-refractivity contribution in [2.24, 2.45) is 0 Å². The number of hydrogen-bond donors (Lipinski definition) is 1. The normalized spacial score (nSPS) is 10.3. The molecule has 20 heavy (non-hydrogen) atoms. The Morgan fingerprint density at radius 3 is 2.85 bits per heavy atom. The predicted molar refractivity (Wildman–Crippen MR) is 71.1 cm³/mol. The van der Waals surface area contributed by atoms with Crippen LogP contribution in [0, 0.1) is 15.9 Å². The molecule has 0 radical (unpaired) electrons. The maximum atomic E-state index is 13.1. The van der Waals surface area contributed by atoms with Crippen molar-refractivity contribution in [1.29, 1.82) is 0 Å².